The van der Waals surface area contributed by atoms with Crippen molar-refractivity contribution in [3.05, 3.63) is 0 Å². The molecule has 0 amide bonds. The lowest BCUT2D eigenvalue weighted by atomic mass is 9.42. The van der Waals surface area contributed by atoms with E-state index in [1.807, 2.05) is 0 Å². The first-order valence-electron chi connectivity index (χ1n) is 19.5. The summed E-state index contributed by atoms with van der Waals surface area (Å²) in [6, 6.07) is 0. The third-order valence-corrected chi connectivity index (χ3v) is 16.4. The SMILES string of the molecule is CC(C)(O)[C@@H]1CC[C@](C)([C@H]2C(O)C[C@@]3(C)[C@@H]4C[C@H](O[C@H]5OC[C@@H](O)[C@@H](O)[C@H]5O)[C@H]5C[C@@H](O[C@@H]6OC[C@@H](O)[C@@H](O)[C@H]6O)CC[C@@]56C[C@@]46CC[C@]23C)O1. The average molecular weight is 727 g/mol. The van der Waals surface area contributed by atoms with Crippen LogP contribution in [-0.4, -0.2) is 139 Å². The average Bonchev–Trinajstić information content (AvgIpc) is 3.43. The molecular formula is C38H62O13. The third kappa shape index (κ3) is 5.34. The maximum atomic E-state index is 12.1. The van der Waals surface area contributed by atoms with Crippen molar-refractivity contribution in [2.75, 3.05) is 13.2 Å². The number of rotatable bonds is 6. The van der Waals surface area contributed by atoms with Crippen molar-refractivity contribution >= 4 is 0 Å². The van der Waals surface area contributed by atoms with E-state index in [0.29, 0.717) is 19.3 Å². The summed E-state index contributed by atoms with van der Waals surface area (Å²) in [5.41, 5.74) is -2.14. The van der Waals surface area contributed by atoms with Gasteiger partial charge in [-0.2, -0.15) is 0 Å². The predicted octanol–water partition coefficient (Wildman–Crippen LogP) is 0.727. The molecule has 8 rings (SSSR count). The van der Waals surface area contributed by atoms with E-state index in [1.54, 1.807) is 13.8 Å². The van der Waals surface area contributed by atoms with E-state index in [0.717, 1.165) is 44.9 Å². The second-order valence-corrected chi connectivity index (χ2v) is 19.3. The molecule has 5 saturated carbocycles. The molecule has 2 spiro atoms. The summed E-state index contributed by atoms with van der Waals surface area (Å²) in [5.74, 6) is 0.0713. The molecule has 3 aliphatic heterocycles. The number of hydrogen-bond donors (Lipinski definition) is 8. The van der Waals surface area contributed by atoms with Crippen molar-refractivity contribution in [3.63, 3.8) is 0 Å². The number of hydrogen-bond acceptors (Lipinski definition) is 13. The van der Waals surface area contributed by atoms with E-state index >= 15 is 0 Å². The Morgan fingerprint density at radius 2 is 1.29 bits per heavy atom. The highest BCUT2D eigenvalue weighted by molar-refractivity contribution is 5.32. The molecule has 3 saturated heterocycles. The van der Waals surface area contributed by atoms with Gasteiger partial charge >= 0.3 is 0 Å². The fourth-order valence-electron chi connectivity index (χ4n) is 13.7. The van der Waals surface area contributed by atoms with E-state index in [9.17, 15) is 40.9 Å². The van der Waals surface area contributed by atoms with Crippen LogP contribution < -0.4 is 0 Å². The zero-order valence-electron chi connectivity index (χ0n) is 30.8. The largest absolute Gasteiger partial charge is 0.393 e. The third-order valence-electron chi connectivity index (χ3n) is 16.4. The maximum absolute atomic E-state index is 12.1. The zero-order chi connectivity index (χ0) is 36.7. The van der Waals surface area contributed by atoms with Gasteiger partial charge in [0.15, 0.2) is 12.6 Å². The Balaban J connectivity index is 1.10. The van der Waals surface area contributed by atoms with Crippen LogP contribution in [-0.2, 0) is 23.7 Å². The monoisotopic (exact) mass is 726 g/mol. The van der Waals surface area contributed by atoms with Crippen molar-refractivity contribution in [1.29, 1.82) is 0 Å². The number of fused-ring (bicyclic) bond motifs is 2. The number of aliphatic hydroxyl groups is 8. The first-order chi connectivity index (χ1) is 23.8. The summed E-state index contributed by atoms with van der Waals surface area (Å²) in [6.07, 6.45) is -3.85. The Kier molecular flexibility index (Phi) is 8.98. The molecule has 0 radical (unpaired) electrons. The minimum Gasteiger partial charge on any atom is -0.393 e. The second kappa shape index (κ2) is 12.2. The number of aliphatic hydroxyl groups excluding tert-OH is 7. The van der Waals surface area contributed by atoms with Crippen molar-refractivity contribution in [2.45, 2.75) is 184 Å². The molecule has 20 atom stereocenters. The van der Waals surface area contributed by atoms with Crippen LogP contribution in [0.2, 0.25) is 0 Å². The lowest BCUT2D eigenvalue weighted by Crippen LogP contribution is -2.61. The Bertz CT molecular complexity index is 1330. The molecule has 51 heavy (non-hydrogen) atoms. The van der Waals surface area contributed by atoms with E-state index in [1.165, 1.54) is 0 Å². The molecule has 13 nitrogen and oxygen atoms in total. The Morgan fingerprint density at radius 3 is 1.90 bits per heavy atom. The topological polar surface area (TPSA) is 208 Å². The fourth-order valence-corrected chi connectivity index (χ4v) is 13.7. The summed E-state index contributed by atoms with van der Waals surface area (Å²) in [7, 11) is 0. The lowest BCUT2D eigenvalue weighted by Gasteiger charge is -2.63. The highest BCUT2D eigenvalue weighted by Crippen LogP contribution is 2.88. The van der Waals surface area contributed by atoms with Gasteiger partial charge in [0.1, 0.15) is 36.6 Å². The molecule has 0 aromatic rings. The van der Waals surface area contributed by atoms with Crippen LogP contribution in [0.25, 0.3) is 0 Å². The van der Waals surface area contributed by atoms with Gasteiger partial charge < -0.3 is 64.5 Å². The first-order valence-corrected chi connectivity index (χ1v) is 19.5. The summed E-state index contributed by atoms with van der Waals surface area (Å²) < 4.78 is 31.2. The summed E-state index contributed by atoms with van der Waals surface area (Å²) >= 11 is 0. The van der Waals surface area contributed by atoms with Gasteiger partial charge in [-0.05, 0) is 118 Å². The second-order valence-electron chi connectivity index (χ2n) is 19.3. The van der Waals surface area contributed by atoms with E-state index in [-0.39, 0.29) is 64.8 Å². The molecule has 0 aromatic heterocycles. The van der Waals surface area contributed by atoms with Crippen LogP contribution >= 0.6 is 0 Å². The Morgan fingerprint density at radius 1 is 0.667 bits per heavy atom. The molecule has 8 N–H and O–H groups in total. The van der Waals surface area contributed by atoms with Crippen LogP contribution in [0.15, 0.2) is 0 Å². The van der Waals surface area contributed by atoms with Gasteiger partial charge in [-0.3, -0.25) is 0 Å². The smallest absolute Gasteiger partial charge is 0.186 e. The van der Waals surface area contributed by atoms with E-state index in [2.05, 4.69) is 20.8 Å². The van der Waals surface area contributed by atoms with Gasteiger partial charge in [-0.15, -0.1) is 0 Å². The Labute approximate surface area is 300 Å². The Hall–Kier alpha value is -0.520. The van der Waals surface area contributed by atoms with Crippen molar-refractivity contribution in [1.82, 2.24) is 0 Å². The summed E-state index contributed by atoms with van der Waals surface area (Å²) in [6.45, 7) is 10.1. The van der Waals surface area contributed by atoms with E-state index < -0.39 is 72.6 Å². The molecule has 292 valence electrons. The van der Waals surface area contributed by atoms with Gasteiger partial charge in [0, 0.05) is 5.92 Å². The highest BCUT2D eigenvalue weighted by Gasteiger charge is 2.83. The van der Waals surface area contributed by atoms with Gasteiger partial charge in [-0.1, -0.05) is 13.8 Å². The molecule has 3 heterocycles. The molecule has 0 bridgehead atoms. The lowest BCUT2D eigenvalue weighted by molar-refractivity contribution is -0.309. The van der Waals surface area contributed by atoms with Crippen LogP contribution in [0.1, 0.15) is 98.8 Å². The molecule has 8 fully saturated rings. The normalized spacial score (nSPS) is 59.8. The zero-order valence-corrected chi connectivity index (χ0v) is 30.8. The van der Waals surface area contributed by atoms with E-state index in [4.69, 9.17) is 23.7 Å². The van der Waals surface area contributed by atoms with Gasteiger partial charge in [0.25, 0.3) is 0 Å². The number of ether oxygens (including phenoxy) is 5. The van der Waals surface area contributed by atoms with Gasteiger partial charge in [0.05, 0.1) is 48.8 Å². The van der Waals surface area contributed by atoms with Crippen LogP contribution in [0.3, 0.4) is 0 Å². The van der Waals surface area contributed by atoms with Gasteiger partial charge in [-0.25, -0.2) is 0 Å². The summed E-state index contributed by atoms with van der Waals surface area (Å²) in [5, 5.41) is 85.6. The minimum atomic E-state index is -1.43. The molecule has 13 heteroatoms. The van der Waals surface area contributed by atoms with Crippen molar-refractivity contribution in [3.8, 4) is 0 Å². The first kappa shape index (κ1) is 37.4. The molecule has 0 aromatic carbocycles. The molecule has 1 unspecified atom stereocenters. The van der Waals surface area contributed by atoms with Crippen molar-refractivity contribution in [2.24, 2.45) is 39.4 Å². The van der Waals surface area contributed by atoms with Crippen LogP contribution in [0.4, 0.5) is 0 Å². The predicted molar refractivity (Wildman–Crippen MR) is 179 cm³/mol. The fraction of sp³-hybridized carbons (Fsp3) is 1.00. The van der Waals surface area contributed by atoms with Gasteiger partial charge in [0.2, 0.25) is 0 Å². The minimum absolute atomic E-state index is 0.00171. The molecule has 5 aliphatic carbocycles. The quantitative estimate of drug-likeness (QED) is 0.178. The highest BCUT2D eigenvalue weighted by atomic mass is 16.7. The molecule has 8 aliphatic rings. The summed E-state index contributed by atoms with van der Waals surface area (Å²) in [4.78, 5) is 0. The van der Waals surface area contributed by atoms with Crippen LogP contribution in [0.5, 0.6) is 0 Å². The van der Waals surface area contributed by atoms with Crippen molar-refractivity contribution < 1.29 is 64.5 Å². The maximum Gasteiger partial charge on any atom is 0.186 e. The molecular weight excluding hydrogens is 664 g/mol. The van der Waals surface area contributed by atoms with Crippen LogP contribution in [0, 0.1) is 39.4 Å². The standard InChI is InChI=1S/C38H62O13/c1-33(2,46)25-7-8-36(5,51-25)30-20(39)14-35(4)24-13-23(50-32-29(45)27(43)22(41)16-48-32)19-12-18(49-31-28(44)26(42)21(40)15-47-31)6-9-37(19)17-38(24,37)11-10-34(30,35)3/h18-32,39-46H,6-17H2,1-5H3/t18-,19+,20?,21+,22+,23-,24-,25-,26+,27+,28+,29+,30-,31-,32+,34+,35-,36+,37+,38-/m0/s1.